The highest BCUT2D eigenvalue weighted by atomic mass is 32.8. The van der Waals surface area contributed by atoms with Crippen LogP contribution < -0.4 is 0 Å². The van der Waals surface area contributed by atoms with Crippen molar-refractivity contribution >= 4 is 39.9 Å². The highest BCUT2D eigenvalue weighted by Gasteiger charge is 2.13. The average Bonchev–Trinajstić information content (AvgIpc) is 2.62. The fraction of sp³-hybridized carbons (Fsp3) is 0.100. The van der Waals surface area contributed by atoms with Crippen LogP contribution in [0.5, 0.6) is 0 Å². The van der Waals surface area contributed by atoms with Gasteiger partial charge < -0.3 is 9.11 Å². The van der Waals surface area contributed by atoms with Crippen LogP contribution in [0.4, 0.5) is 0 Å². The van der Waals surface area contributed by atoms with E-state index in [9.17, 15) is 17.5 Å². The van der Waals surface area contributed by atoms with Crippen molar-refractivity contribution in [1.29, 1.82) is 0 Å². The first kappa shape index (κ1) is 21.0. The maximum absolute atomic E-state index is 11.9. The van der Waals surface area contributed by atoms with Gasteiger partial charge in [-0.1, -0.05) is 60.7 Å². The second-order valence-corrected chi connectivity index (χ2v) is 11.8. The summed E-state index contributed by atoms with van der Waals surface area (Å²) in [4.78, 5) is 0.539. The zero-order chi connectivity index (χ0) is 20.4. The molecule has 0 aliphatic carbocycles. The van der Waals surface area contributed by atoms with E-state index in [0.29, 0.717) is 24.0 Å². The Morgan fingerprint density at radius 3 is 1.25 bits per heavy atom. The van der Waals surface area contributed by atoms with Gasteiger partial charge in [0, 0.05) is 22.4 Å². The summed E-state index contributed by atoms with van der Waals surface area (Å²) < 4.78 is 43.3. The molecule has 0 saturated carbocycles. The first-order chi connectivity index (χ1) is 13.1. The van der Waals surface area contributed by atoms with Gasteiger partial charge >= 0.3 is 0 Å². The van der Waals surface area contributed by atoms with Crippen LogP contribution in [0.1, 0.15) is 22.3 Å². The number of rotatable bonds is 6. The number of benzene rings is 3. The minimum Gasteiger partial charge on any atom is -0.302 e. The summed E-state index contributed by atoms with van der Waals surface area (Å²) >= 11 is 9.44. The molecule has 0 aliphatic rings. The van der Waals surface area contributed by atoms with Crippen molar-refractivity contribution in [3.63, 3.8) is 0 Å². The van der Waals surface area contributed by atoms with Gasteiger partial charge in [-0.05, 0) is 47.2 Å². The molecule has 0 bridgehead atoms. The smallest absolute Gasteiger partial charge is 0.171 e. The van der Waals surface area contributed by atoms with Crippen molar-refractivity contribution in [3.8, 4) is 0 Å². The lowest BCUT2D eigenvalue weighted by Crippen LogP contribution is -2.03. The van der Waals surface area contributed by atoms with Crippen molar-refractivity contribution in [2.45, 2.75) is 22.6 Å². The minimum absolute atomic E-state index is 0.270. The molecule has 3 rings (SSSR count). The Balaban J connectivity index is 1.83. The van der Waals surface area contributed by atoms with Gasteiger partial charge in [-0.25, -0.2) is 8.42 Å². The lowest BCUT2D eigenvalue weighted by Gasteiger charge is -2.11. The van der Waals surface area contributed by atoms with E-state index in [-0.39, 0.29) is 9.79 Å². The molecule has 0 spiro atoms. The van der Waals surface area contributed by atoms with Crippen molar-refractivity contribution < 1.29 is 17.5 Å². The predicted octanol–water partition coefficient (Wildman–Crippen LogP) is 4.02. The Kier molecular flexibility index (Phi) is 6.28. The molecule has 2 unspecified atom stereocenters. The van der Waals surface area contributed by atoms with Gasteiger partial charge in [0.05, 0.1) is 9.79 Å². The van der Waals surface area contributed by atoms with E-state index in [1.54, 1.807) is 36.4 Å². The molecule has 3 aromatic rings. The first-order valence-corrected chi connectivity index (χ1v) is 13.2. The van der Waals surface area contributed by atoms with Crippen LogP contribution in [0, 0.1) is 0 Å². The molecule has 0 saturated heterocycles. The number of hydrogen-bond donors (Lipinski definition) is 2. The largest absolute Gasteiger partial charge is 0.302 e. The third-order valence-electron chi connectivity index (χ3n) is 4.31. The van der Waals surface area contributed by atoms with E-state index in [2.05, 4.69) is 0 Å². The lowest BCUT2D eigenvalue weighted by molar-refractivity contribution is 0.559. The Morgan fingerprint density at radius 1 is 0.607 bits per heavy atom. The van der Waals surface area contributed by atoms with Crippen LogP contribution in [0.2, 0.25) is 0 Å². The highest BCUT2D eigenvalue weighted by molar-refractivity contribution is 8.30. The molecular formula is C20H18O4S4. The number of hydrogen-bond acceptors (Lipinski definition) is 4. The monoisotopic (exact) mass is 450 g/mol. The van der Waals surface area contributed by atoms with Gasteiger partial charge in [-0.3, -0.25) is 0 Å². The fourth-order valence-corrected chi connectivity index (χ4v) is 5.44. The van der Waals surface area contributed by atoms with E-state index < -0.39 is 17.5 Å². The van der Waals surface area contributed by atoms with Crippen LogP contribution in [-0.2, 0) is 52.8 Å². The van der Waals surface area contributed by atoms with Gasteiger partial charge in [0.1, 0.15) is 0 Å². The fourth-order valence-electron chi connectivity index (χ4n) is 3.02. The highest BCUT2D eigenvalue weighted by Crippen LogP contribution is 2.22. The molecule has 0 heterocycles. The van der Waals surface area contributed by atoms with Gasteiger partial charge in [-0.2, -0.15) is 0 Å². The van der Waals surface area contributed by atoms with E-state index in [0.717, 1.165) is 11.1 Å². The van der Waals surface area contributed by atoms with Crippen LogP contribution >= 0.6 is 0 Å². The zero-order valence-electron chi connectivity index (χ0n) is 14.7. The van der Waals surface area contributed by atoms with Crippen LogP contribution in [0.15, 0.2) is 82.6 Å². The van der Waals surface area contributed by atoms with E-state index >= 15 is 0 Å². The van der Waals surface area contributed by atoms with Crippen molar-refractivity contribution in [2.24, 2.45) is 0 Å². The van der Waals surface area contributed by atoms with E-state index in [1.807, 2.05) is 36.4 Å². The molecule has 2 atom stereocenters. The topological polar surface area (TPSA) is 74.6 Å². The molecule has 2 N–H and O–H groups in total. The maximum atomic E-state index is 11.9. The van der Waals surface area contributed by atoms with Crippen LogP contribution in [0.3, 0.4) is 0 Å². The summed E-state index contributed by atoms with van der Waals surface area (Å²) in [6.07, 6.45) is 0.968. The van der Waals surface area contributed by atoms with Gasteiger partial charge in [0.25, 0.3) is 0 Å². The van der Waals surface area contributed by atoms with Gasteiger partial charge in [0.15, 0.2) is 17.5 Å². The summed E-state index contributed by atoms with van der Waals surface area (Å²) in [7, 11) is -6.90. The molecule has 146 valence electrons. The maximum Gasteiger partial charge on any atom is 0.171 e. The molecular weight excluding hydrogens is 432 g/mol. The van der Waals surface area contributed by atoms with Gasteiger partial charge in [0.2, 0.25) is 0 Å². The Bertz CT molecular complexity index is 1100. The average molecular weight is 451 g/mol. The summed E-state index contributed by atoms with van der Waals surface area (Å²) in [6, 6.07) is 21.5. The van der Waals surface area contributed by atoms with Crippen molar-refractivity contribution in [3.05, 3.63) is 95.1 Å². The van der Waals surface area contributed by atoms with Crippen LogP contribution in [-0.4, -0.2) is 17.5 Å². The molecule has 0 fully saturated rings. The molecule has 4 nitrogen and oxygen atoms in total. The molecule has 3 aromatic carbocycles. The molecule has 0 aliphatic heterocycles. The molecule has 0 amide bonds. The normalized spacial score (nSPS) is 15.5. The van der Waals surface area contributed by atoms with Gasteiger partial charge in [-0.15, -0.1) is 0 Å². The lowest BCUT2D eigenvalue weighted by atomic mass is 10.0. The Labute approximate surface area is 174 Å². The Hall–Kier alpha value is -1.68. The molecule has 0 aromatic heterocycles. The third kappa shape index (κ3) is 5.22. The minimum atomic E-state index is -3.45. The molecule has 0 radical (unpaired) electrons. The standard InChI is InChI=1S/C20H18O4S4/c21-27(22,25)19-7-3-1-5-17(19)13-15-9-11-16(12-10-15)14-18-6-2-4-8-20(18)28(23,24)26/h1-12H,13-14H2,(H,21,22,25)(H,23,24,26). The summed E-state index contributed by atoms with van der Waals surface area (Å²) in [5, 5.41) is 0. The Morgan fingerprint density at radius 2 is 0.929 bits per heavy atom. The van der Waals surface area contributed by atoms with E-state index in [1.165, 1.54) is 0 Å². The summed E-state index contributed by atoms with van der Waals surface area (Å²) in [5.74, 6) is 0. The molecule has 28 heavy (non-hydrogen) atoms. The first-order valence-electron chi connectivity index (χ1n) is 8.33. The van der Waals surface area contributed by atoms with Crippen molar-refractivity contribution in [2.75, 3.05) is 0 Å². The van der Waals surface area contributed by atoms with Crippen LogP contribution in [0.25, 0.3) is 0 Å². The predicted molar refractivity (Wildman–Crippen MR) is 118 cm³/mol. The summed E-state index contributed by atoms with van der Waals surface area (Å²) in [5.41, 5.74) is 3.37. The second kappa shape index (κ2) is 8.36. The SMILES string of the molecule is O=S(O)(=S)c1ccccc1Cc1ccc(Cc2ccccc2S(=O)(O)=S)cc1. The van der Waals surface area contributed by atoms with Crippen molar-refractivity contribution in [1.82, 2.24) is 0 Å². The molecule has 8 heteroatoms. The quantitative estimate of drug-likeness (QED) is 0.591. The third-order valence-corrected chi connectivity index (χ3v) is 7.30. The second-order valence-electron chi connectivity index (χ2n) is 6.34. The summed E-state index contributed by atoms with van der Waals surface area (Å²) in [6.45, 7) is 0. The van der Waals surface area contributed by atoms with E-state index in [4.69, 9.17) is 22.4 Å². The zero-order valence-corrected chi connectivity index (χ0v) is 18.0.